The lowest BCUT2D eigenvalue weighted by atomic mass is 9.77. The van der Waals surface area contributed by atoms with Crippen molar-refractivity contribution in [1.29, 1.82) is 0 Å². The third kappa shape index (κ3) is 3.47. The molecule has 1 aliphatic carbocycles. The fraction of sp³-hybridized carbons (Fsp3) is 0.600. The summed E-state index contributed by atoms with van der Waals surface area (Å²) in [7, 11) is 0. The second-order valence-corrected chi connectivity index (χ2v) is 6.06. The number of hydrogen-bond donors (Lipinski definition) is 2. The number of aliphatic hydroxyl groups is 1. The maximum absolute atomic E-state index is 9.70. The zero-order valence-electron chi connectivity index (χ0n) is 11.0. The smallest absolute Gasteiger partial charge is 0.0613 e. The molecule has 1 aromatic rings. The summed E-state index contributed by atoms with van der Waals surface area (Å²) in [6.07, 6.45) is 4.62. The average Bonchev–Trinajstić information content (AvgIpc) is 2.38. The zero-order valence-corrected chi connectivity index (χ0v) is 11.7. The highest BCUT2D eigenvalue weighted by Gasteiger charge is 2.33. The lowest BCUT2D eigenvalue weighted by molar-refractivity contribution is 0.0982. The summed E-state index contributed by atoms with van der Waals surface area (Å²) >= 11 is 5.87. The number of halogens is 1. The molecule has 0 aliphatic heterocycles. The zero-order chi connectivity index (χ0) is 13.0. The Balaban J connectivity index is 1.96. The van der Waals surface area contributed by atoms with E-state index < -0.39 is 0 Å². The third-order valence-corrected chi connectivity index (χ3v) is 4.23. The number of benzene rings is 1. The van der Waals surface area contributed by atoms with E-state index in [0.717, 1.165) is 24.4 Å². The highest BCUT2D eigenvalue weighted by atomic mass is 35.5. The van der Waals surface area contributed by atoms with Gasteiger partial charge in [0.05, 0.1) is 6.61 Å². The molecule has 1 aliphatic rings. The van der Waals surface area contributed by atoms with Crippen LogP contribution in [-0.2, 0) is 6.54 Å². The van der Waals surface area contributed by atoms with E-state index in [1.807, 2.05) is 24.3 Å². The Kier molecular flexibility index (Phi) is 4.66. The molecule has 1 saturated carbocycles. The molecule has 2 N–H and O–H groups in total. The topological polar surface area (TPSA) is 32.3 Å². The van der Waals surface area contributed by atoms with Crippen molar-refractivity contribution in [1.82, 2.24) is 5.32 Å². The van der Waals surface area contributed by atoms with Gasteiger partial charge in [-0.2, -0.15) is 0 Å². The van der Waals surface area contributed by atoms with E-state index in [0.29, 0.717) is 5.92 Å². The molecule has 1 aromatic carbocycles. The van der Waals surface area contributed by atoms with Gasteiger partial charge in [0.15, 0.2) is 0 Å². The Labute approximate surface area is 114 Å². The molecule has 0 amide bonds. The normalized spacial score (nSPS) is 28.3. The van der Waals surface area contributed by atoms with Crippen LogP contribution in [0.25, 0.3) is 0 Å². The van der Waals surface area contributed by atoms with E-state index in [1.54, 1.807) is 0 Å². The van der Waals surface area contributed by atoms with Gasteiger partial charge in [-0.05, 0) is 36.5 Å². The van der Waals surface area contributed by atoms with Gasteiger partial charge in [0.25, 0.3) is 0 Å². The third-order valence-electron chi connectivity index (χ3n) is 3.97. The molecular weight excluding hydrogens is 246 g/mol. The highest BCUT2D eigenvalue weighted by Crippen LogP contribution is 2.32. The van der Waals surface area contributed by atoms with Gasteiger partial charge < -0.3 is 10.4 Å². The van der Waals surface area contributed by atoms with Crippen molar-refractivity contribution in [3.05, 3.63) is 34.9 Å². The molecule has 2 rings (SSSR count). The average molecular weight is 268 g/mol. The van der Waals surface area contributed by atoms with Crippen molar-refractivity contribution in [3.63, 3.8) is 0 Å². The molecule has 0 aromatic heterocycles. The summed E-state index contributed by atoms with van der Waals surface area (Å²) in [4.78, 5) is 0. The van der Waals surface area contributed by atoms with Gasteiger partial charge in [0.1, 0.15) is 0 Å². The maximum atomic E-state index is 9.70. The molecule has 0 radical (unpaired) electrons. The molecule has 0 bridgehead atoms. The van der Waals surface area contributed by atoms with E-state index in [2.05, 4.69) is 12.2 Å². The van der Waals surface area contributed by atoms with Crippen molar-refractivity contribution < 1.29 is 5.11 Å². The minimum atomic E-state index is -0.0860. The molecule has 100 valence electrons. The molecule has 2 nitrogen and oxygen atoms in total. The Morgan fingerprint density at radius 2 is 2.11 bits per heavy atom. The van der Waals surface area contributed by atoms with Crippen molar-refractivity contribution >= 4 is 11.6 Å². The Morgan fingerprint density at radius 1 is 1.39 bits per heavy atom. The first kappa shape index (κ1) is 13.9. The molecule has 0 saturated heterocycles. The number of aliphatic hydroxyl groups excluding tert-OH is 1. The van der Waals surface area contributed by atoms with Gasteiger partial charge >= 0.3 is 0 Å². The Hall–Kier alpha value is -0.570. The summed E-state index contributed by atoms with van der Waals surface area (Å²) in [6.45, 7) is 3.29. The van der Waals surface area contributed by atoms with Crippen molar-refractivity contribution in [3.8, 4) is 0 Å². The van der Waals surface area contributed by atoms with Gasteiger partial charge in [-0.1, -0.05) is 43.5 Å². The van der Waals surface area contributed by atoms with Crippen LogP contribution in [0, 0.1) is 5.92 Å². The van der Waals surface area contributed by atoms with Gasteiger partial charge in [-0.25, -0.2) is 0 Å². The van der Waals surface area contributed by atoms with E-state index in [4.69, 9.17) is 11.6 Å². The van der Waals surface area contributed by atoms with Crippen LogP contribution in [0.3, 0.4) is 0 Å². The predicted octanol–water partition coefficient (Wildman–Crippen LogP) is 3.37. The molecule has 18 heavy (non-hydrogen) atoms. The molecule has 2 unspecified atom stereocenters. The van der Waals surface area contributed by atoms with E-state index in [-0.39, 0.29) is 12.1 Å². The van der Waals surface area contributed by atoms with E-state index >= 15 is 0 Å². The van der Waals surface area contributed by atoms with Crippen molar-refractivity contribution in [2.24, 2.45) is 5.92 Å². The molecule has 0 spiro atoms. The minimum Gasteiger partial charge on any atom is -0.394 e. The SMILES string of the molecule is CC1CCCC(CO)(NCc2ccc(Cl)cc2)C1. The predicted molar refractivity (Wildman–Crippen MR) is 75.7 cm³/mol. The summed E-state index contributed by atoms with van der Waals surface area (Å²) in [6, 6.07) is 7.89. The largest absolute Gasteiger partial charge is 0.394 e. The summed E-state index contributed by atoms with van der Waals surface area (Å²) in [5, 5.41) is 14.0. The monoisotopic (exact) mass is 267 g/mol. The molecule has 1 fully saturated rings. The van der Waals surface area contributed by atoms with Crippen LogP contribution < -0.4 is 5.32 Å². The molecule has 0 heterocycles. The van der Waals surface area contributed by atoms with Gasteiger partial charge in [-0.3, -0.25) is 0 Å². The fourth-order valence-corrected chi connectivity index (χ4v) is 3.04. The van der Waals surface area contributed by atoms with Crippen LogP contribution in [0.2, 0.25) is 5.02 Å². The lowest BCUT2D eigenvalue weighted by Gasteiger charge is -2.39. The van der Waals surface area contributed by atoms with Gasteiger partial charge in [-0.15, -0.1) is 0 Å². The summed E-state index contributed by atoms with van der Waals surface area (Å²) in [5.74, 6) is 0.698. The second-order valence-electron chi connectivity index (χ2n) is 5.62. The Bertz CT molecular complexity index is 379. The van der Waals surface area contributed by atoms with Crippen LogP contribution in [0.4, 0.5) is 0 Å². The Morgan fingerprint density at radius 3 is 2.72 bits per heavy atom. The minimum absolute atomic E-state index is 0.0860. The van der Waals surface area contributed by atoms with Crippen molar-refractivity contribution in [2.45, 2.75) is 44.7 Å². The standard InChI is InChI=1S/C15H22ClNO/c1-12-3-2-8-15(9-12,11-18)17-10-13-4-6-14(16)7-5-13/h4-7,12,17-18H,2-3,8-11H2,1H3. The molecular formula is C15H22ClNO. The summed E-state index contributed by atoms with van der Waals surface area (Å²) in [5.41, 5.74) is 1.13. The van der Waals surface area contributed by atoms with E-state index in [9.17, 15) is 5.11 Å². The van der Waals surface area contributed by atoms with Crippen LogP contribution in [0.15, 0.2) is 24.3 Å². The van der Waals surface area contributed by atoms with E-state index in [1.165, 1.54) is 18.4 Å². The van der Waals surface area contributed by atoms with Gasteiger partial charge in [0.2, 0.25) is 0 Å². The maximum Gasteiger partial charge on any atom is 0.0613 e. The van der Waals surface area contributed by atoms with Crippen molar-refractivity contribution in [2.75, 3.05) is 6.61 Å². The first-order valence-corrected chi connectivity index (χ1v) is 7.12. The highest BCUT2D eigenvalue weighted by molar-refractivity contribution is 6.30. The summed E-state index contributed by atoms with van der Waals surface area (Å²) < 4.78 is 0. The van der Waals surface area contributed by atoms with Gasteiger partial charge in [0, 0.05) is 17.1 Å². The van der Waals surface area contributed by atoms with Crippen LogP contribution >= 0.6 is 11.6 Å². The number of nitrogens with one attached hydrogen (secondary N) is 1. The number of rotatable bonds is 4. The fourth-order valence-electron chi connectivity index (χ4n) is 2.91. The number of hydrogen-bond acceptors (Lipinski definition) is 2. The second kappa shape index (κ2) is 6.05. The quantitative estimate of drug-likeness (QED) is 0.877. The first-order valence-electron chi connectivity index (χ1n) is 6.74. The molecule has 2 atom stereocenters. The van der Waals surface area contributed by atoms with Crippen LogP contribution in [0.1, 0.15) is 38.2 Å². The first-order chi connectivity index (χ1) is 8.63. The van der Waals surface area contributed by atoms with Crippen LogP contribution in [0.5, 0.6) is 0 Å². The lowest BCUT2D eigenvalue weighted by Crippen LogP contribution is -2.51. The van der Waals surface area contributed by atoms with Crippen LogP contribution in [-0.4, -0.2) is 17.3 Å². The molecule has 3 heteroatoms.